The number of ether oxygens (including phenoxy) is 1. The average molecular weight is 459 g/mol. The molecule has 168 valence electrons. The highest BCUT2D eigenvalue weighted by atomic mass is 35.5. The molecule has 0 radical (unpaired) electrons. The Morgan fingerprint density at radius 1 is 1.19 bits per heavy atom. The molecule has 0 aromatic carbocycles. The van der Waals surface area contributed by atoms with Crippen LogP contribution in [-0.2, 0) is 9.59 Å². The number of carbonyl (C=O) groups excluding carboxylic acids is 3. The molecule has 1 atom stereocenters. The average Bonchev–Trinajstić information content (AvgIpc) is 2.81. The first-order chi connectivity index (χ1) is 15.3. The molecule has 0 spiro atoms. The predicted octanol–water partition coefficient (Wildman–Crippen LogP) is 1.48. The maximum absolute atomic E-state index is 12.3. The van der Waals surface area contributed by atoms with Crippen molar-refractivity contribution in [3.63, 3.8) is 0 Å². The molecule has 1 N–H and O–H groups in total. The van der Waals surface area contributed by atoms with Gasteiger partial charge in [0.15, 0.2) is 0 Å². The normalized spacial score (nSPS) is 15.8. The van der Waals surface area contributed by atoms with E-state index in [9.17, 15) is 14.4 Å². The smallest absolute Gasteiger partial charge is 0.317 e. The number of aromatic nitrogens is 3. The Bertz CT molecular complexity index is 1080. The second kappa shape index (κ2) is 9.73. The van der Waals surface area contributed by atoms with Gasteiger partial charge in [-0.1, -0.05) is 18.2 Å². The van der Waals surface area contributed by atoms with E-state index in [0.29, 0.717) is 30.0 Å². The van der Waals surface area contributed by atoms with Gasteiger partial charge >= 0.3 is 6.01 Å². The first-order valence-electron chi connectivity index (χ1n) is 9.79. The number of hydrogen-bond acceptors (Lipinski definition) is 7. The van der Waals surface area contributed by atoms with E-state index in [1.54, 1.807) is 21.9 Å². The molecule has 32 heavy (non-hydrogen) atoms. The van der Waals surface area contributed by atoms with Gasteiger partial charge in [0.25, 0.3) is 5.91 Å². The number of nitrogens with one attached hydrogen (secondary N) is 1. The summed E-state index contributed by atoms with van der Waals surface area (Å²) in [7, 11) is 2.88. The van der Waals surface area contributed by atoms with Crippen molar-refractivity contribution in [2.24, 2.45) is 0 Å². The van der Waals surface area contributed by atoms with E-state index in [-0.39, 0.29) is 35.2 Å². The molecule has 3 amide bonds. The first-order valence-corrected chi connectivity index (χ1v) is 10.2. The Balaban J connectivity index is 2.08. The van der Waals surface area contributed by atoms with Crippen molar-refractivity contribution >= 4 is 29.3 Å². The van der Waals surface area contributed by atoms with Crippen LogP contribution in [0.1, 0.15) is 29.0 Å². The lowest BCUT2D eigenvalue weighted by molar-refractivity contribution is -0.139. The third-order valence-electron chi connectivity index (χ3n) is 5.08. The molecule has 10 nitrogen and oxygen atoms in total. The Hall–Kier alpha value is -3.53. The zero-order valence-corrected chi connectivity index (χ0v) is 18.7. The molecule has 3 heterocycles. The van der Waals surface area contributed by atoms with Crippen molar-refractivity contribution < 1.29 is 19.1 Å². The highest BCUT2D eigenvalue weighted by Crippen LogP contribution is 2.30. The number of carbonyl (C=O) groups is 3. The molecular formula is C21H23ClN6O4. The first kappa shape index (κ1) is 23.1. The van der Waals surface area contributed by atoms with Gasteiger partial charge < -0.3 is 19.9 Å². The molecule has 0 aliphatic carbocycles. The quantitative estimate of drug-likeness (QED) is 0.532. The maximum Gasteiger partial charge on any atom is 0.317 e. The van der Waals surface area contributed by atoms with Crippen LogP contribution in [0.4, 0.5) is 0 Å². The van der Waals surface area contributed by atoms with Crippen LogP contribution in [-0.4, -0.2) is 76.3 Å². The molecular weight excluding hydrogens is 436 g/mol. The maximum atomic E-state index is 12.3. The SMILES string of the molecule is C=CC(=O)N1CCN(C(C)=O)[C@H](c2cc(Cl)nc(-c3cc(C(=O)NC)nc(OC)n3)c2)C1. The largest absolute Gasteiger partial charge is 0.467 e. The van der Waals surface area contributed by atoms with Gasteiger partial charge in [-0.2, -0.15) is 9.97 Å². The molecule has 11 heteroatoms. The second-order valence-electron chi connectivity index (χ2n) is 7.03. The number of methoxy groups -OCH3 is 1. The number of pyridine rings is 1. The summed E-state index contributed by atoms with van der Waals surface area (Å²) < 4.78 is 5.12. The minimum Gasteiger partial charge on any atom is -0.467 e. The van der Waals surface area contributed by atoms with Crippen LogP contribution >= 0.6 is 11.6 Å². The fourth-order valence-corrected chi connectivity index (χ4v) is 3.72. The third-order valence-corrected chi connectivity index (χ3v) is 5.28. The van der Waals surface area contributed by atoms with Gasteiger partial charge in [-0.05, 0) is 29.8 Å². The van der Waals surface area contributed by atoms with Crippen LogP contribution in [0.3, 0.4) is 0 Å². The fraction of sp³-hybridized carbons (Fsp3) is 0.333. The van der Waals surface area contributed by atoms with E-state index in [1.165, 1.54) is 33.2 Å². The van der Waals surface area contributed by atoms with Crippen LogP contribution in [0, 0.1) is 0 Å². The predicted molar refractivity (Wildman–Crippen MR) is 117 cm³/mol. The van der Waals surface area contributed by atoms with Crippen molar-refractivity contribution in [2.75, 3.05) is 33.8 Å². The van der Waals surface area contributed by atoms with Crippen LogP contribution in [0.25, 0.3) is 11.4 Å². The lowest BCUT2D eigenvalue weighted by Gasteiger charge is -2.41. The lowest BCUT2D eigenvalue weighted by atomic mass is 10.0. The van der Waals surface area contributed by atoms with Gasteiger partial charge in [-0.15, -0.1) is 0 Å². The van der Waals surface area contributed by atoms with Crippen molar-refractivity contribution in [1.82, 2.24) is 30.1 Å². The molecule has 1 saturated heterocycles. The summed E-state index contributed by atoms with van der Waals surface area (Å²) in [5.41, 5.74) is 1.47. The molecule has 1 aliphatic heterocycles. The zero-order valence-electron chi connectivity index (χ0n) is 18.0. The van der Waals surface area contributed by atoms with E-state index >= 15 is 0 Å². The Kier molecular flexibility index (Phi) is 7.04. The van der Waals surface area contributed by atoms with Crippen molar-refractivity contribution in [3.05, 3.63) is 47.3 Å². The van der Waals surface area contributed by atoms with Crippen molar-refractivity contribution in [3.8, 4) is 17.4 Å². The monoisotopic (exact) mass is 458 g/mol. The lowest BCUT2D eigenvalue weighted by Crippen LogP contribution is -2.51. The molecule has 0 bridgehead atoms. The highest BCUT2D eigenvalue weighted by Gasteiger charge is 2.32. The molecule has 2 aromatic heterocycles. The van der Waals surface area contributed by atoms with E-state index in [2.05, 4.69) is 26.8 Å². The van der Waals surface area contributed by atoms with E-state index in [0.717, 1.165) is 0 Å². The summed E-state index contributed by atoms with van der Waals surface area (Å²) in [4.78, 5) is 52.5. The molecule has 0 unspecified atom stereocenters. The van der Waals surface area contributed by atoms with Gasteiger partial charge in [-0.25, -0.2) is 4.98 Å². The van der Waals surface area contributed by atoms with Crippen LogP contribution < -0.4 is 10.1 Å². The van der Waals surface area contributed by atoms with Crippen LogP contribution in [0.15, 0.2) is 30.9 Å². The standard InChI is InChI=1S/C21H23ClN6O4/c1-5-19(30)27-6-7-28(12(2)29)17(11-27)13-8-14(24-18(22)9-13)15-10-16(20(31)23-3)26-21(25-15)32-4/h5,8-10,17H,1,6-7,11H2,2-4H3,(H,23,31)/t17-/m0/s1. The number of hydrogen-bond donors (Lipinski definition) is 1. The number of halogens is 1. The van der Waals surface area contributed by atoms with E-state index < -0.39 is 11.9 Å². The van der Waals surface area contributed by atoms with Gasteiger partial charge in [-0.3, -0.25) is 14.4 Å². The van der Waals surface area contributed by atoms with Gasteiger partial charge in [0.1, 0.15) is 10.8 Å². The number of nitrogens with zero attached hydrogens (tertiary/aromatic N) is 5. The summed E-state index contributed by atoms with van der Waals surface area (Å²) in [6, 6.07) is 4.40. The highest BCUT2D eigenvalue weighted by molar-refractivity contribution is 6.29. The Morgan fingerprint density at radius 2 is 1.91 bits per heavy atom. The fourth-order valence-electron chi connectivity index (χ4n) is 3.51. The third kappa shape index (κ3) is 4.86. The summed E-state index contributed by atoms with van der Waals surface area (Å²) in [5, 5.41) is 2.68. The van der Waals surface area contributed by atoms with Gasteiger partial charge in [0, 0.05) is 33.6 Å². The molecule has 1 fully saturated rings. The minimum absolute atomic E-state index is 0.00444. The van der Waals surface area contributed by atoms with E-state index in [1.807, 2.05) is 0 Å². The van der Waals surface area contributed by atoms with E-state index in [4.69, 9.17) is 16.3 Å². The summed E-state index contributed by atoms with van der Waals surface area (Å²) in [6.07, 6.45) is 1.25. The molecule has 3 rings (SSSR count). The number of amides is 3. The summed E-state index contributed by atoms with van der Waals surface area (Å²) in [6.45, 7) is 6.08. The second-order valence-corrected chi connectivity index (χ2v) is 7.42. The van der Waals surface area contributed by atoms with Gasteiger partial charge in [0.05, 0.1) is 24.5 Å². The van der Waals surface area contributed by atoms with Crippen molar-refractivity contribution in [1.29, 1.82) is 0 Å². The van der Waals surface area contributed by atoms with Crippen LogP contribution in [0.5, 0.6) is 6.01 Å². The molecule has 1 aliphatic rings. The van der Waals surface area contributed by atoms with Crippen LogP contribution in [0.2, 0.25) is 5.15 Å². The zero-order chi connectivity index (χ0) is 23.4. The Labute approximate surface area is 190 Å². The Morgan fingerprint density at radius 3 is 2.53 bits per heavy atom. The number of rotatable bonds is 5. The van der Waals surface area contributed by atoms with Gasteiger partial charge in [0.2, 0.25) is 11.8 Å². The molecule has 2 aromatic rings. The number of piperazine rings is 1. The molecule has 0 saturated carbocycles. The van der Waals surface area contributed by atoms with Crippen molar-refractivity contribution in [2.45, 2.75) is 13.0 Å². The topological polar surface area (TPSA) is 118 Å². The summed E-state index contributed by atoms with van der Waals surface area (Å²) in [5.74, 6) is -0.752. The summed E-state index contributed by atoms with van der Waals surface area (Å²) >= 11 is 6.31. The minimum atomic E-state index is -0.438.